The first-order chi connectivity index (χ1) is 8.08. The number of fused-ring (bicyclic) bond motifs is 1. The SMILES string of the molecule is CC(N)C(C)C(=O)Nc1nc2ccccc2s1. The summed E-state index contributed by atoms with van der Waals surface area (Å²) in [6.07, 6.45) is 0. The van der Waals surface area contributed by atoms with Gasteiger partial charge in [-0.05, 0) is 19.1 Å². The molecule has 0 aliphatic heterocycles. The van der Waals surface area contributed by atoms with E-state index in [1.807, 2.05) is 38.1 Å². The number of anilines is 1. The molecule has 2 atom stereocenters. The summed E-state index contributed by atoms with van der Waals surface area (Å²) in [7, 11) is 0. The van der Waals surface area contributed by atoms with Gasteiger partial charge in [0.25, 0.3) is 0 Å². The van der Waals surface area contributed by atoms with E-state index in [9.17, 15) is 4.79 Å². The first kappa shape index (κ1) is 12.0. The van der Waals surface area contributed by atoms with Crippen molar-refractivity contribution in [1.82, 2.24) is 4.98 Å². The summed E-state index contributed by atoms with van der Waals surface area (Å²) in [5.74, 6) is -0.305. The Hall–Kier alpha value is -1.46. The smallest absolute Gasteiger partial charge is 0.230 e. The van der Waals surface area contributed by atoms with Crippen molar-refractivity contribution in [1.29, 1.82) is 0 Å². The van der Waals surface area contributed by atoms with Gasteiger partial charge in [0.15, 0.2) is 5.13 Å². The molecule has 0 spiro atoms. The summed E-state index contributed by atoms with van der Waals surface area (Å²) in [4.78, 5) is 16.1. The number of hydrogen-bond donors (Lipinski definition) is 2. The molecule has 2 unspecified atom stereocenters. The summed E-state index contributed by atoms with van der Waals surface area (Å²) < 4.78 is 1.07. The van der Waals surface area contributed by atoms with Gasteiger partial charge in [-0.2, -0.15) is 0 Å². The molecule has 0 fully saturated rings. The Morgan fingerprint density at radius 2 is 2.12 bits per heavy atom. The van der Waals surface area contributed by atoms with Crippen LogP contribution in [-0.4, -0.2) is 16.9 Å². The Labute approximate surface area is 104 Å². The van der Waals surface area contributed by atoms with Crippen LogP contribution in [-0.2, 0) is 4.79 Å². The number of thiazole rings is 1. The van der Waals surface area contributed by atoms with Gasteiger partial charge in [0.05, 0.1) is 16.1 Å². The molecule has 0 bridgehead atoms. The van der Waals surface area contributed by atoms with E-state index < -0.39 is 0 Å². The van der Waals surface area contributed by atoms with E-state index in [4.69, 9.17) is 5.73 Å². The summed E-state index contributed by atoms with van der Waals surface area (Å²) in [6, 6.07) is 7.63. The second kappa shape index (κ2) is 4.81. The number of nitrogens with two attached hydrogens (primary N) is 1. The molecule has 0 saturated heterocycles. The zero-order valence-electron chi connectivity index (χ0n) is 9.81. The monoisotopic (exact) mass is 249 g/mol. The quantitative estimate of drug-likeness (QED) is 0.876. The topological polar surface area (TPSA) is 68.0 Å². The Bertz CT molecular complexity index is 502. The average molecular weight is 249 g/mol. The van der Waals surface area contributed by atoms with Gasteiger partial charge in [-0.3, -0.25) is 4.79 Å². The van der Waals surface area contributed by atoms with Crippen molar-refractivity contribution in [3.63, 3.8) is 0 Å². The summed E-state index contributed by atoms with van der Waals surface area (Å²) in [6.45, 7) is 3.63. The first-order valence-electron chi connectivity index (χ1n) is 5.50. The second-order valence-corrected chi connectivity index (χ2v) is 5.15. The highest BCUT2D eigenvalue weighted by Gasteiger charge is 2.18. The van der Waals surface area contributed by atoms with Crippen LogP contribution in [0.4, 0.5) is 5.13 Å². The van der Waals surface area contributed by atoms with Crippen molar-refractivity contribution in [3.8, 4) is 0 Å². The lowest BCUT2D eigenvalue weighted by atomic mass is 10.0. The molecule has 5 heteroatoms. The van der Waals surface area contributed by atoms with E-state index in [1.165, 1.54) is 11.3 Å². The largest absolute Gasteiger partial charge is 0.327 e. The van der Waals surface area contributed by atoms with Gasteiger partial charge in [0, 0.05) is 6.04 Å². The Balaban J connectivity index is 2.16. The molecule has 90 valence electrons. The van der Waals surface area contributed by atoms with Gasteiger partial charge in [0.1, 0.15) is 0 Å². The third-order valence-electron chi connectivity index (χ3n) is 2.73. The number of nitrogens with zero attached hydrogens (tertiary/aromatic N) is 1. The van der Waals surface area contributed by atoms with E-state index in [-0.39, 0.29) is 17.9 Å². The molecular formula is C12H15N3OS. The van der Waals surface area contributed by atoms with Crippen molar-refractivity contribution in [2.24, 2.45) is 11.7 Å². The minimum absolute atomic E-state index is 0.0842. The molecule has 1 aromatic carbocycles. The zero-order chi connectivity index (χ0) is 12.4. The highest BCUT2D eigenvalue weighted by atomic mass is 32.1. The van der Waals surface area contributed by atoms with Gasteiger partial charge in [-0.1, -0.05) is 30.4 Å². The molecule has 17 heavy (non-hydrogen) atoms. The van der Waals surface area contributed by atoms with Crippen molar-refractivity contribution < 1.29 is 4.79 Å². The maximum absolute atomic E-state index is 11.8. The molecule has 3 N–H and O–H groups in total. The molecule has 2 aromatic rings. The maximum atomic E-state index is 11.8. The molecule has 1 amide bonds. The van der Waals surface area contributed by atoms with Gasteiger partial charge in [-0.15, -0.1) is 0 Å². The molecule has 0 saturated carbocycles. The Kier molecular flexibility index (Phi) is 3.40. The minimum Gasteiger partial charge on any atom is -0.327 e. The van der Waals surface area contributed by atoms with Gasteiger partial charge in [0.2, 0.25) is 5.91 Å². The minimum atomic E-state index is -0.220. The van der Waals surface area contributed by atoms with Crippen molar-refractivity contribution >= 4 is 32.6 Å². The molecule has 1 heterocycles. The average Bonchev–Trinajstić information content (AvgIpc) is 2.69. The number of carbonyl (C=O) groups is 1. The lowest BCUT2D eigenvalue weighted by Crippen LogP contribution is -2.34. The highest BCUT2D eigenvalue weighted by Crippen LogP contribution is 2.25. The van der Waals surface area contributed by atoms with Crippen LogP contribution in [0.1, 0.15) is 13.8 Å². The molecule has 4 nitrogen and oxygen atoms in total. The number of amides is 1. The van der Waals surface area contributed by atoms with Gasteiger partial charge >= 0.3 is 0 Å². The number of benzene rings is 1. The van der Waals surface area contributed by atoms with E-state index >= 15 is 0 Å². The van der Waals surface area contributed by atoms with Crippen molar-refractivity contribution in [2.45, 2.75) is 19.9 Å². The lowest BCUT2D eigenvalue weighted by Gasteiger charge is -2.13. The van der Waals surface area contributed by atoms with E-state index in [0.29, 0.717) is 5.13 Å². The fourth-order valence-corrected chi connectivity index (χ4v) is 2.25. The number of carbonyl (C=O) groups excluding carboxylic acids is 1. The molecule has 0 aliphatic rings. The van der Waals surface area contributed by atoms with Crippen LogP contribution in [0.2, 0.25) is 0 Å². The van der Waals surface area contributed by atoms with Crippen LogP contribution in [0.25, 0.3) is 10.2 Å². The third-order valence-corrected chi connectivity index (χ3v) is 3.68. The van der Waals surface area contributed by atoms with Crippen LogP contribution in [0.3, 0.4) is 0 Å². The van der Waals surface area contributed by atoms with Crippen LogP contribution >= 0.6 is 11.3 Å². The molecular weight excluding hydrogens is 234 g/mol. The number of nitrogens with one attached hydrogen (secondary N) is 1. The normalized spacial score (nSPS) is 14.5. The number of rotatable bonds is 3. The summed E-state index contributed by atoms with van der Waals surface area (Å²) >= 11 is 1.47. The van der Waals surface area contributed by atoms with Gasteiger partial charge in [-0.25, -0.2) is 4.98 Å². The van der Waals surface area contributed by atoms with Crippen LogP contribution < -0.4 is 11.1 Å². The van der Waals surface area contributed by atoms with Crippen molar-refractivity contribution in [2.75, 3.05) is 5.32 Å². The van der Waals surface area contributed by atoms with Crippen molar-refractivity contribution in [3.05, 3.63) is 24.3 Å². The fourth-order valence-electron chi connectivity index (χ4n) is 1.38. The molecule has 2 rings (SSSR count). The van der Waals surface area contributed by atoms with E-state index in [1.54, 1.807) is 0 Å². The van der Waals surface area contributed by atoms with E-state index in [2.05, 4.69) is 10.3 Å². The maximum Gasteiger partial charge on any atom is 0.230 e. The second-order valence-electron chi connectivity index (χ2n) is 4.12. The number of para-hydroxylation sites is 1. The fraction of sp³-hybridized carbons (Fsp3) is 0.333. The highest BCUT2D eigenvalue weighted by molar-refractivity contribution is 7.22. The predicted molar refractivity (Wildman–Crippen MR) is 71.1 cm³/mol. The molecule has 1 aromatic heterocycles. The first-order valence-corrected chi connectivity index (χ1v) is 6.31. The Morgan fingerprint density at radius 3 is 2.76 bits per heavy atom. The number of hydrogen-bond acceptors (Lipinski definition) is 4. The predicted octanol–water partition coefficient (Wildman–Crippen LogP) is 2.22. The standard InChI is InChI=1S/C12H15N3OS/c1-7(8(2)13)11(16)15-12-14-9-5-3-4-6-10(9)17-12/h3-8H,13H2,1-2H3,(H,14,15,16). The van der Waals surface area contributed by atoms with E-state index in [0.717, 1.165) is 10.2 Å². The lowest BCUT2D eigenvalue weighted by molar-refractivity contribution is -0.119. The third kappa shape index (κ3) is 2.62. The zero-order valence-corrected chi connectivity index (χ0v) is 10.6. The van der Waals surface area contributed by atoms with Crippen LogP contribution in [0.15, 0.2) is 24.3 Å². The van der Waals surface area contributed by atoms with Crippen LogP contribution in [0.5, 0.6) is 0 Å². The summed E-state index contributed by atoms with van der Waals surface area (Å²) in [5.41, 5.74) is 6.59. The molecule has 0 aliphatic carbocycles. The molecule has 0 radical (unpaired) electrons. The van der Waals surface area contributed by atoms with Gasteiger partial charge < -0.3 is 11.1 Å². The van der Waals surface area contributed by atoms with Crippen LogP contribution in [0, 0.1) is 5.92 Å². The number of aromatic nitrogens is 1. The Morgan fingerprint density at radius 1 is 1.41 bits per heavy atom. The summed E-state index contributed by atoms with van der Waals surface area (Å²) in [5, 5.41) is 3.43.